The molecule has 2 amide bonds. The molecule has 33 valence electrons. The fourth-order valence-electron chi connectivity index (χ4n) is 0.142. The smallest absolute Gasteiger partial charge is 0.299 e. The largest absolute Gasteiger partial charge is 0.386 e. The Labute approximate surface area is 37.2 Å². The van der Waals surface area contributed by atoms with Gasteiger partial charge in [-0.05, 0) is 0 Å². The van der Waals surface area contributed by atoms with Crippen molar-refractivity contribution in [1.82, 2.24) is 5.23 Å². The van der Waals surface area contributed by atoms with Crippen molar-refractivity contribution in [1.29, 1.82) is 0 Å². The van der Waals surface area contributed by atoms with E-state index >= 15 is 0 Å². The van der Waals surface area contributed by atoms with Gasteiger partial charge < -0.3 is 11.0 Å². The summed E-state index contributed by atoms with van der Waals surface area (Å²) in [4.78, 5) is 9.68. The lowest BCUT2D eigenvalue weighted by molar-refractivity contribution is 0.253. The Hall–Kier alpha value is -0.665. The molecule has 0 saturated carbocycles. The number of primary amides is 1. The third-order valence-electron chi connectivity index (χ3n) is 0.287. The molecular formula is C2H6BN2O. The topological polar surface area (TPSA) is 55.1 Å². The second-order valence-corrected chi connectivity index (χ2v) is 0.797. The predicted molar refractivity (Wildman–Crippen MR) is 24.3 cm³/mol. The quantitative estimate of drug-likeness (QED) is 0.407. The van der Waals surface area contributed by atoms with Gasteiger partial charge in [0.1, 0.15) is 0 Å². The lowest BCUT2D eigenvalue weighted by Gasteiger charge is -1.87. The number of carbonyl (C=O) groups is 1. The van der Waals surface area contributed by atoms with Gasteiger partial charge in [0.25, 0.3) is 6.03 Å². The zero-order valence-corrected chi connectivity index (χ0v) is 3.56. The summed E-state index contributed by atoms with van der Waals surface area (Å²) in [5.41, 5.74) is 4.62. The van der Waals surface area contributed by atoms with E-state index in [0.717, 1.165) is 0 Å². The standard InChI is InChI=1S/C2H6BN2O/c1-3-5-2(4)6/h1H3,(H3,4,5,6). The molecule has 4 heteroatoms. The lowest BCUT2D eigenvalue weighted by Crippen LogP contribution is -2.30. The highest BCUT2D eigenvalue weighted by molar-refractivity contribution is 6.34. The van der Waals surface area contributed by atoms with Crippen LogP contribution >= 0.6 is 0 Å². The minimum absolute atomic E-state index is 0.516. The number of amides is 2. The van der Waals surface area contributed by atoms with Gasteiger partial charge in [0, 0.05) is 0 Å². The van der Waals surface area contributed by atoms with Gasteiger partial charge in [-0.25, -0.2) is 0 Å². The van der Waals surface area contributed by atoms with Gasteiger partial charge in [0.05, 0.1) is 0 Å². The van der Waals surface area contributed by atoms with Crippen molar-refractivity contribution in [3.05, 3.63) is 0 Å². The van der Waals surface area contributed by atoms with E-state index in [1.807, 2.05) is 0 Å². The van der Waals surface area contributed by atoms with Gasteiger partial charge in [-0.3, -0.25) is 4.79 Å². The summed E-state index contributed by atoms with van der Waals surface area (Å²) < 4.78 is 0. The van der Waals surface area contributed by atoms with Gasteiger partial charge in [-0.2, -0.15) is 0 Å². The second-order valence-electron chi connectivity index (χ2n) is 0.797. The second kappa shape index (κ2) is 2.57. The van der Waals surface area contributed by atoms with E-state index in [1.165, 1.54) is 7.41 Å². The Kier molecular flexibility index (Phi) is 2.28. The zero-order chi connectivity index (χ0) is 4.99. The average molecular weight is 84.9 g/mol. The van der Waals surface area contributed by atoms with Gasteiger partial charge in [-0.15, -0.1) is 0 Å². The maximum Gasteiger partial charge on any atom is 0.299 e. The average Bonchev–Trinajstić information content (AvgIpc) is 1.35. The van der Waals surface area contributed by atoms with Crippen LogP contribution in [0.5, 0.6) is 0 Å². The molecule has 3 N–H and O–H groups in total. The fraction of sp³-hybridized carbons (Fsp3) is 0.500. The summed E-state index contributed by atoms with van der Waals surface area (Å²) in [7, 11) is 1.47. The van der Waals surface area contributed by atoms with Crippen molar-refractivity contribution in [2.45, 2.75) is 6.82 Å². The zero-order valence-electron chi connectivity index (χ0n) is 3.56. The summed E-state index contributed by atoms with van der Waals surface area (Å²) >= 11 is 0. The van der Waals surface area contributed by atoms with Crippen molar-refractivity contribution in [2.24, 2.45) is 5.73 Å². The van der Waals surface area contributed by atoms with Gasteiger partial charge in [-0.1, -0.05) is 6.82 Å². The molecule has 0 bridgehead atoms. The number of hydrogen-bond acceptors (Lipinski definition) is 1. The fourth-order valence-corrected chi connectivity index (χ4v) is 0.142. The first kappa shape index (κ1) is 5.33. The molecule has 6 heavy (non-hydrogen) atoms. The molecule has 0 aliphatic rings. The van der Waals surface area contributed by atoms with E-state index in [9.17, 15) is 4.79 Å². The van der Waals surface area contributed by atoms with E-state index < -0.39 is 6.03 Å². The van der Waals surface area contributed by atoms with Crippen LogP contribution in [0.3, 0.4) is 0 Å². The van der Waals surface area contributed by atoms with Crippen molar-refractivity contribution in [2.75, 3.05) is 0 Å². The summed E-state index contributed by atoms with van der Waals surface area (Å²) in [6, 6.07) is -0.516. The van der Waals surface area contributed by atoms with Crippen LogP contribution in [0.2, 0.25) is 6.82 Å². The van der Waals surface area contributed by atoms with Crippen molar-refractivity contribution < 1.29 is 4.79 Å². The maximum absolute atomic E-state index is 9.68. The first-order valence-corrected chi connectivity index (χ1v) is 1.61. The van der Waals surface area contributed by atoms with E-state index in [1.54, 1.807) is 6.82 Å². The number of hydrogen-bond donors (Lipinski definition) is 2. The Morgan fingerprint density at radius 1 is 2.00 bits per heavy atom. The van der Waals surface area contributed by atoms with Crippen molar-refractivity contribution in [3.8, 4) is 0 Å². The first-order valence-electron chi connectivity index (χ1n) is 1.61. The molecule has 0 atom stereocenters. The van der Waals surface area contributed by atoms with E-state index in [2.05, 4.69) is 11.0 Å². The minimum atomic E-state index is -0.516. The number of carbonyl (C=O) groups excluding carboxylic acids is 1. The van der Waals surface area contributed by atoms with Gasteiger partial charge in [0.15, 0.2) is 0 Å². The highest BCUT2D eigenvalue weighted by atomic mass is 16.2. The van der Waals surface area contributed by atoms with Crippen LogP contribution in [0.25, 0.3) is 0 Å². The predicted octanol–water partition coefficient (Wildman–Crippen LogP) is -0.678. The maximum atomic E-state index is 9.68. The van der Waals surface area contributed by atoms with Crippen molar-refractivity contribution >= 4 is 13.4 Å². The normalized spacial score (nSPS) is 6.83. The highest BCUT2D eigenvalue weighted by Crippen LogP contribution is 1.46. The Bertz CT molecular complexity index is 55.5. The van der Waals surface area contributed by atoms with E-state index in [-0.39, 0.29) is 0 Å². The van der Waals surface area contributed by atoms with Crippen LogP contribution in [0.1, 0.15) is 0 Å². The summed E-state index contributed by atoms with van der Waals surface area (Å²) in [5.74, 6) is 0. The molecule has 0 unspecified atom stereocenters. The number of urea groups is 1. The molecule has 0 rings (SSSR count). The molecule has 0 aliphatic carbocycles. The van der Waals surface area contributed by atoms with Gasteiger partial charge in [0.2, 0.25) is 7.41 Å². The van der Waals surface area contributed by atoms with Gasteiger partial charge >= 0.3 is 0 Å². The van der Waals surface area contributed by atoms with Crippen LogP contribution < -0.4 is 11.0 Å². The van der Waals surface area contributed by atoms with Crippen LogP contribution in [-0.4, -0.2) is 13.4 Å². The SMILES string of the molecule is C[B]NC(N)=O. The van der Waals surface area contributed by atoms with Crippen molar-refractivity contribution in [3.63, 3.8) is 0 Å². The van der Waals surface area contributed by atoms with Crippen LogP contribution in [0, 0.1) is 0 Å². The summed E-state index contributed by atoms with van der Waals surface area (Å²) in [5, 5.41) is 2.22. The monoisotopic (exact) mass is 85.1 g/mol. The first-order chi connectivity index (χ1) is 2.77. The minimum Gasteiger partial charge on any atom is -0.386 e. The number of rotatable bonds is 1. The summed E-state index contributed by atoms with van der Waals surface area (Å²) in [6.45, 7) is 1.69. The Morgan fingerprint density at radius 3 is 2.50 bits per heavy atom. The molecule has 0 aromatic heterocycles. The van der Waals surface area contributed by atoms with E-state index in [4.69, 9.17) is 0 Å². The number of nitrogens with one attached hydrogen (secondary N) is 1. The molecule has 0 fully saturated rings. The van der Waals surface area contributed by atoms with Crippen LogP contribution in [0.15, 0.2) is 0 Å². The molecule has 3 nitrogen and oxygen atoms in total. The van der Waals surface area contributed by atoms with E-state index in [0.29, 0.717) is 0 Å². The highest BCUT2D eigenvalue weighted by Gasteiger charge is 1.82. The summed E-state index contributed by atoms with van der Waals surface area (Å²) in [6.07, 6.45) is 0. The molecule has 0 aromatic carbocycles. The molecular weight excluding hydrogens is 78.8 g/mol. The third-order valence-corrected chi connectivity index (χ3v) is 0.287. The van der Waals surface area contributed by atoms with Crippen LogP contribution in [0.4, 0.5) is 4.79 Å². The molecule has 1 radical (unpaired) electrons. The van der Waals surface area contributed by atoms with Crippen LogP contribution in [-0.2, 0) is 0 Å². The molecule has 0 heterocycles. The molecule has 0 aliphatic heterocycles. The molecule has 0 saturated heterocycles. The number of nitrogens with two attached hydrogens (primary N) is 1. The molecule has 0 spiro atoms. The Balaban J connectivity index is 2.83. The Morgan fingerprint density at radius 2 is 2.50 bits per heavy atom. The third kappa shape index (κ3) is 3.33. The molecule has 0 aromatic rings. The lowest BCUT2D eigenvalue weighted by atomic mass is 10.0.